The number of anilines is 1. The van der Waals surface area contributed by atoms with Crippen LogP contribution in [-0.4, -0.2) is 25.5 Å². The van der Waals surface area contributed by atoms with Gasteiger partial charge >= 0.3 is 0 Å². The number of benzene rings is 1. The van der Waals surface area contributed by atoms with E-state index in [1.54, 1.807) is 0 Å². The maximum atomic E-state index is 3.17. The van der Waals surface area contributed by atoms with E-state index in [1.807, 2.05) is 7.05 Å². The Kier molecular flexibility index (Phi) is 2.23. The summed E-state index contributed by atoms with van der Waals surface area (Å²) in [5, 5.41) is 3.17. The van der Waals surface area contributed by atoms with Gasteiger partial charge in [0.25, 0.3) is 0 Å². The van der Waals surface area contributed by atoms with Crippen molar-refractivity contribution in [2.45, 2.75) is 13.0 Å². The van der Waals surface area contributed by atoms with Crippen LogP contribution in [0.25, 0.3) is 0 Å². The van der Waals surface area contributed by atoms with Crippen LogP contribution >= 0.6 is 0 Å². The second kappa shape index (κ2) is 3.38. The predicted octanol–water partition coefficient (Wildman–Crippen LogP) is 1.72. The Morgan fingerprint density at radius 3 is 2.92 bits per heavy atom. The molecule has 0 saturated heterocycles. The number of nitrogens with one attached hydrogen (secondary N) is 1. The molecule has 1 aromatic carbocycles. The number of nitrogens with zero attached hydrogens (tertiary/aromatic N) is 1. The Hall–Kier alpha value is -1.02. The van der Waals surface area contributed by atoms with Crippen LogP contribution < -0.4 is 5.32 Å². The number of rotatable bonds is 1. The molecule has 0 unspecified atom stereocenters. The number of hydrogen-bond acceptors (Lipinski definition) is 2. The van der Waals surface area contributed by atoms with Crippen molar-refractivity contribution in [3.63, 3.8) is 0 Å². The highest BCUT2D eigenvalue weighted by molar-refractivity contribution is 5.48. The molecule has 1 aliphatic rings. The molecule has 0 atom stereocenters. The van der Waals surface area contributed by atoms with E-state index in [0.717, 1.165) is 6.54 Å². The minimum atomic E-state index is 1.10. The van der Waals surface area contributed by atoms with E-state index in [1.165, 1.54) is 29.8 Å². The highest BCUT2D eigenvalue weighted by atomic mass is 15.1. The zero-order valence-corrected chi connectivity index (χ0v) is 8.30. The van der Waals surface area contributed by atoms with Crippen molar-refractivity contribution in [3.05, 3.63) is 29.3 Å². The summed E-state index contributed by atoms with van der Waals surface area (Å²) in [6, 6.07) is 6.65. The lowest BCUT2D eigenvalue weighted by Gasteiger charge is -2.25. The molecule has 0 aromatic heterocycles. The lowest BCUT2D eigenvalue weighted by atomic mass is 9.99. The molecule has 13 heavy (non-hydrogen) atoms. The Balaban J connectivity index is 2.31. The molecule has 0 amide bonds. The van der Waals surface area contributed by atoms with Gasteiger partial charge in [0.15, 0.2) is 0 Å². The quantitative estimate of drug-likeness (QED) is 0.701. The van der Waals surface area contributed by atoms with Gasteiger partial charge in [-0.15, -0.1) is 0 Å². The maximum absolute atomic E-state index is 3.17. The first-order valence-corrected chi connectivity index (χ1v) is 4.77. The molecule has 70 valence electrons. The van der Waals surface area contributed by atoms with E-state index in [4.69, 9.17) is 0 Å². The van der Waals surface area contributed by atoms with Crippen molar-refractivity contribution >= 4 is 5.69 Å². The van der Waals surface area contributed by atoms with E-state index >= 15 is 0 Å². The summed E-state index contributed by atoms with van der Waals surface area (Å²) in [6.45, 7) is 2.28. The molecule has 1 aromatic rings. The van der Waals surface area contributed by atoms with Gasteiger partial charge in [0, 0.05) is 25.8 Å². The third-order valence-corrected chi connectivity index (χ3v) is 2.70. The molecule has 1 aliphatic heterocycles. The summed E-state index contributed by atoms with van der Waals surface area (Å²) in [5.41, 5.74) is 4.21. The molecule has 2 rings (SSSR count). The molecule has 1 heterocycles. The van der Waals surface area contributed by atoms with Gasteiger partial charge in [0.1, 0.15) is 0 Å². The monoisotopic (exact) mass is 176 g/mol. The van der Waals surface area contributed by atoms with Crippen molar-refractivity contribution < 1.29 is 0 Å². The van der Waals surface area contributed by atoms with Gasteiger partial charge in [-0.3, -0.25) is 0 Å². The molecule has 1 N–H and O–H groups in total. The van der Waals surface area contributed by atoms with Crippen LogP contribution in [0.1, 0.15) is 11.1 Å². The number of likely N-dealkylation sites (N-methyl/N-ethyl adjacent to an activating group) is 1. The van der Waals surface area contributed by atoms with E-state index in [0.29, 0.717) is 0 Å². The van der Waals surface area contributed by atoms with Crippen LogP contribution in [0.15, 0.2) is 18.2 Å². The third-order valence-electron chi connectivity index (χ3n) is 2.70. The fourth-order valence-corrected chi connectivity index (χ4v) is 1.85. The van der Waals surface area contributed by atoms with Crippen molar-refractivity contribution in [3.8, 4) is 0 Å². The Morgan fingerprint density at radius 2 is 2.15 bits per heavy atom. The summed E-state index contributed by atoms with van der Waals surface area (Å²) >= 11 is 0. The first-order valence-electron chi connectivity index (χ1n) is 4.77. The van der Waals surface area contributed by atoms with Crippen molar-refractivity contribution in [2.24, 2.45) is 0 Å². The Morgan fingerprint density at radius 1 is 1.31 bits per heavy atom. The molecular weight excluding hydrogens is 160 g/mol. The summed E-state index contributed by atoms with van der Waals surface area (Å²) in [5.74, 6) is 0. The molecular formula is C11H16N2. The van der Waals surface area contributed by atoms with E-state index in [-0.39, 0.29) is 0 Å². The standard InChI is InChI=1S/C11H16N2/c1-12-11-4-3-10-8-13(2)6-5-9(10)7-11/h3-4,7,12H,5-6,8H2,1-2H3. The van der Waals surface area contributed by atoms with Crippen LogP contribution in [-0.2, 0) is 13.0 Å². The van der Waals surface area contributed by atoms with Crippen molar-refractivity contribution in [1.82, 2.24) is 4.90 Å². The second-order valence-electron chi connectivity index (χ2n) is 3.72. The predicted molar refractivity (Wildman–Crippen MR) is 56.0 cm³/mol. The summed E-state index contributed by atoms with van der Waals surface area (Å²) < 4.78 is 0. The van der Waals surface area contributed by atoms with E-state index in [9.17, 15) is 0 Å². The van der Waals surface area contributed by atoms with Crippen LogP contribution in [0.3, 0.4) is 0 Å². The molecule has 0 radical (unpaired) electrons. The fraction of sp³-hybridized carbons (Fsp3) is 0.455. The maximum Gasteiger partial charge on any atom is 0.0340 e. The largest absolute Gasteiger partial charge is 0.388 e. The fourth-order valence-electron chi connectivity index (χ4n) is 1.85. The van der Waals surface area contributed by atoms with E-state index < -0.39 is 0 Å². The van der Waals surface area contributed by atoms with Gasteiger partial charge in [0.05, 0.1) is 0 Å². The lowest BCUT2D eigenvalue weighted by molar-refractivity contribution is 0.313. The Labute approximate surface area is 79.6 Å². The second-order valence-corrected chi connectivity index (χ2v) is 3.72. The minimum Gasteiger partial charge on any atom is -0.388 e. The highest BCUT2D eigenvalue weighted by Gasteiger charge is 2.12. The van der Waals surface area contributed by atoms with E-state index in [2.05, 4.69) is 35.5 Å². The number of fused-ring (bicyclic) bond motifs is 1. The zero-order chi connectivity index (χ0) is 9.26. The first kappa shape index (κ1) is 8.57. The molecule has 0 fully saturated rings. The van der Waals surface area contributed by atoms with Crippen molar-refractivity contribution in [1.29, 1.82) is 0 Å². The van der Waals surface area contributed by atoms with Gasteiger partial charge in [-0.25, -0.2) is 0 Å². The normalized spacial score (nSPS) is 16.8. The molecule has 0 aliphatic carbocycles. The number of hydrogen-bond donors (Lipinski definition) is 1. The summed E-state index contributed by atoms with van der Waals surface area (Å²) in [6.07, 6.45) is 1.18. The average molecular weight is 176 g/mol. The third kappa shape index (κ3) is 1.68. The van der Waals surface area contributed by atoms with Gasteiger partial charge < -0.3 is 10.2 Å². The van der Waals surface area contributed by atoms with Crippen LogP contribution in [0.5, 0.6) is 0 Å². The molecule has 0 spiro atoms. The van der Waals surface area contributed by atoms with Crippen LogP contribution in [0.2, 0.25) is 0 Å². The van der Waals surface area contributed by atoms with Gasteiger partial charge in [0.2, 0.25) is 0 Å². The Bertz CT molecular complexity index is 307. The van der Waals surface area contributed by atoms with Gasteiger partial charge in [-0.1, -0.05) is 6.07 Å². The zero-order valence-electron chi connectivity index (χ0n) is 8.30. The topological polar surface area (TPSA) is 15.3 Å². The molecule has 0 bridgehead atoms. The summed E-state index contributed by atoms with van der Waals surface area (Å²) in [7, 11) is 4.14. The van der Waals surface area contributed by atoms with Gasteiger partial charge in [-0.05, 0) is 36.7 Å². The lowest BCUT2D eigenvalue weighted by Crippen LogP contribution is -2.26. The first-order chi connectivity index (χ1) is 6.29. The van der Waals surface area contributed by atoms with Crippen LogP contribution in [0, 0.1) is 0 Å². The molecule has 0 saturated carbocycles. The SMILES string of the molecule is CNc1ccc2c(c1)CCN(C)C2. The summed E-state index contributed by atoms with van der Waals surface area (Å²) in [4.78, 5) is 2.36. The van der Waals surface area contributed by atoms with Crippen molar-refractivity contribution in [2.75, 3.05) is 26.0 Å². The highest BCUT2D eigenvalue weighted by Crippen LogP contribution is 2.21. The minimum absolute atomic E-state index is 1.10. The van der Waals surface area contributed by atoms with Crippen LogP contribution in [0.4, 0.5) is 5.69 Å². The average Bonchev–Trinajstić information content (AvgIpc) is 2.17. The molecule has 2 nitrogen and oxygen atoms in total. The van der Waals surface area contributed by atoms with Gasteiger partial charge in [-0.2, -0.15) is 0 Å². The smallest absolute Gasteiger partial charge is 0.0340 e. The molecule has 2 heteroatoms.